The Kier molecular flexibility index (Phi) is 6.96. The highest BCUT2D eigenvalue weighted by atomic mass is 16.5. The predicted molar refractivity (Wildman–Crippen MR) is 119 cm³/mol. The van der Waals surface area contributed by atoms with Gasteiger partial charge in [-0.25, -0.2) is 4.98 Å². The minimum atomic E-state index is 0.665. The van der Waals surface area contributed by atoms with Gasteiger partial charge in [0, 0.05) is 23.9 Å². The molecule has 28 heavy (non-hydrogen) atoms. The van der Waals surface area contributed by atoms with Crippen LogP contribution in [0.4, 0.5) is 5.69 Å². The van der Waals surface area contributed by atoms with Crippen LogP contribution in [0, 0.1) is 6.92 Å². The lowest BCUT2D eigenvalue weighted by atomic mass is 10.1. The summed E-state index contributed by atoms with van der Waals surface area (Å²) < 4.78 is 8.06. The van der Waals surface area contributed by atoms with Crippen LogP contribution in [-0.2, 0) is 6.54 Å². The highest BCUT2D eigenvalue weighted by molar-refractivity contribution is 5.82. The van der Waals surface area contributed by atoms with E-state index in [1.54, 1.807) is 0 Å². The van der Waals surface area contributed by atoms with Gasteiger partial charge in [0.15, 0.2) is 0 Å². The zero-order valence-corrected chi connectivity index (χ0v) is 17.5. The van der Waals surface area contributed by atoms with Gasteiger partial charge >= 0.3 is 0 Å². The van der Waals surface area contributed by atoms with Gasteiger partial charge in [-0.15, -0.1) is 0 Å². The molecule has 3 rings (SSSR count). The fourth-order valence-electron chi connectivity index (χ4n) is 3.64. The van der Waals surface area contributed by atoms with Crippen LogP contribution in [0.1, 0.15) is 57.9 Å². The number of hydrogen-bond acceptors (Lipinski definition) is 3. The van der Waals surface area contributed by atoms with Crippen LogP contribution in [0.3, 0.4) is 0 Å². The molecule has 0 aliphatic rings. The Morgan fingerprint density at radius 2 is 1.75 bits per heavy atom. The van der Waals surface area contributed by atoms with E-state index in [-0.39, 0.29) is 0 Å². The molecule has 2 aromatic carbocycles. The smallest absolute Gasteiger partial charge is 0.141 e. The summed E-state index contributed by atoms with van der Waals surface area (Å²) in [5.74, 6) is 1.89. The number of fused-ring (bicyclic) bond motifs is 1. The molecule has 0 unspecified atom stereocenters. The van der Waals surface area contributed by atoms with Crippen LogP contribution in [0.5, 0.6) is 5.75 Å². The van der Waals surface area contributed by atoms with Crippen molar-refractivity contribution in [3.05, 3.63) is 42.0 Å². The van der Waals surface area contributed by atoms with Gasteiger partial charge in [-0.05, 0) is 44.0 Å². The first-order chi connectivity index (χ1) is 13.6. The second-order valence-corrected chi connectivity index (χ2v) is 7.51. The van der Waals surface area contributed by atoms with Crippen molar-refractivity contribution in [3.8, 4) is 17.1 Å². The first kappa shape index (κ1) is 20.2. The summed E-state index contributed by atoms with van der Waals surface area (Å²) in [4.78, 5) is 4.94. The molecule has 0 amide bonds. The number of ether oxygens (including phenoxy) is 1. The summed E-state index contributed by atoms with van der Waals surface area (Å²) >= 11 is 0. The largest absolute Gasteiger partial charge is 0.494 e. The number of aromatic nitrogens is 2. The number of anilines is 1. The molecule has 150 valence electrons. The normalized spacial score (nSPS) is 11.2. The lowest BCUT2D eigenvalue weighted by molar-refractivity contribution is 0.340. The molecule has 0 atom stereocenters. The predicted octanol–water partition coefficient (Wildman–Crippen LogP) is 6.35. The van der Waals surface area contributed by atoms with Crippen LogP contribution >= 0.6 is 0 Å². The van der Waals surface area contributed by atoms with E-state index in [0.29, 0.717) is 6.61 Å². The van der Waals surface area contributed by atoms with E-state index in [1.807, 2.05) is 26.0 Å². The molecule has 0 aliphatic heterocycles. The molecule has 1 heterocycles. The highest BCUT2D eigenvalue weighted by Crippen LogP contribution is 2.30. The Morgan fingerprint density at radius 3 is 2.50 bits per heavy atom. The Morgan fingerprint density at radius 1 is 0.964 bits per heavy atom. The summed E-state index contributed by atoms with van der Waals surface area (Å²) in [5, 5.41) is 0. The number of benzene rings is 2. The summed E-state index contributed by atoms with van der Waals surface area (Å²) in [5.41, 5.74) is 11.3. The number of aryl methyl sites for hydroxylation is 2. The van der Waals surface area contributed by atoms with Gasteiger partial charge in [-0.2, -0.15) is 0 Å². The molecule has 1 aromatic heterocycles. The monoisotopic (exact) mass is 379 g/mol. The fourth-order valence-corrected chi connectivity index (χ4v) is 3.64. The number of unbranched alkanes of at least 4 members (excludes halogenated alkanes) is 5. The van der Waals surface area contributed by atoms with Crippen molar-refractivity contribution in [2.75, 3.05) is 12.3 Å². The van der Waals surface area contributed by atoms with Gasteiger partial charge in [-0.1, -0.05) is 51.2 Å². The van der Waals surface area contributed by atoms with E-state index in [0.717, 1.165) is 52.4 Å². The average molecular weight is 380 g/mol. The molecule has 0 saturated heterocycles. The third-order valence-corrected chi connectivity index (χ3v) is 5.30. The summed E-state index contributed by atoms with van der Waals surface area (Å²) in [7, 11) is 0. The minimum Gasteiger partial charge on any atom is -0.494 e. The maximum atomic E-state index is 6.18. The Hall–Kier alpha value is -2.49. The third kappa shape index (κ3) is 4.67. The van der Waals surface area contributed by atoms with Gasteiger partial charge < -0.3 is 15.0 Å². The number of imidazole rings is 1. The SMILES string of the molecule is CCCCCCCCn1c(-c2ccc(C)c(N)c2)nc2ccc(OCC)cc21. The average Bonchev–Trinajstić information content (AvgIpc) is 3.05. The second kappa shape index (κ2) is 9.63. The molecule has 0 saturated carbocycles. The van der Waals surface area contributed by atoms with Crippen molar-refractivity contribution in [2.45, 2.75) is 65.8 Å². The van der Waals surface area contributed by atoms with Crippen LogP contribution in [0.2, 0.25) is 0 Å². The van der Waals surface area contributed by atoms with Crippen LogP contribution in [0.15, 0.2) is 36.4 Å². The first-order valence-corrected chi connectivity index (χ1v) is 10.6. The van der Waals surface area contributed by atoms with Gasteiger partial charge in [0.25, 0.3) is 0 Å². The zero-order chi connectivity index (χ0) is 19.9. The maximum absolute atomic E-state index is 6.18. The summed E-state index contributed by atoms with van der Waals surface area (Å²) in [6.07, 6.45) is 7.65. The lowest BCUT2D eigenvalue weighted by Gasteiger charge is -2.11. The number of rotatable bonds is 10. The van der Waals surface area contributed by atoms with E-state index < -0.39 is 0 Å². The minimum absolute atomic E-state index is 0.665. The quantitative estimate of drug-likeness (QED) is 0.330. The molecule has 3 aromatic rings. The molecule has 0 spiro atoms. The zero-order valence-electron chi connectivity index (χ0n) is 17.5. The lowest BCUT2D eigenvalue weighted by Crippen LogP contribution is -2.02. The number of nitrogens with two attached hydrogens (primary N) is 1. The van der Waals surface area contributed by atoms with E-state index in [9.17, 15) is 0 Å². The number of hydrogen-bond donors (Lipinski definition) is 1. The first-order valence-electron chi connectivity index (χ1n) is 10.6. The maximum Gasteiger partial charge on any atom is 0.141 e. The van der Waals surface area contributed by atoms with Crippen LogP contribution in [0.25, 0.3) is 22.4 Å². The molecule has 0 aliphatic carbocycles. The van der Waals surface area contributed by atoms with E-state index in [1.165, 1.54) is 32.1 Å². The van der Waals surface area contributed by atoms with E-state index in [4.69, 9.17) is 15.5 Å². The van der Waals surface area contributed by atoms with Gasteiger partial charge in [-0.3, -0.25) is 0 Å². The van der Waals surface area contributed by atoms with Gasteiger partial charge in [0.2, 0.25) is 0 Å². The molecule has 2 N–H and O–H groups in total. The van der Waals surface area contributed by atoms with E-state index in [2.05, 4.69) is 35.8 Å². The number of nitrogen functional groups attached to an aromatic ring is 1. The fraction of sp³-hybridized carbons (Fsp3) is 0.458. The highest BCUT2D eigenvalue weighted by Gasteiger charge is 2.14. The van der Waals surface area contributed by atoms with E-state index >= 15 is 0 Å². The Balaban J connectivity index is 1.92. The molecule has 0 fully saturated rings. The Bertz CT molecular complexity index is 914. The summed E-state index contributed by atoms with van der Waals surface area (Å²) in [6, 6.07) is 12.4. The molecule has 4 nitrogen and oxygen atoms in total. The molecular weight excluding hydrogens is 346 g/mol. The molecular formula is C24H33N3O. The molecule has 0 bridgehead atoms. The van der Waals surface area contributed by atoms with Crippen molar-refractivity contribution in [2.24, 2.45) is 0 Å². The van der Waals surface area contributed by atoms with Crippen LogP contribution in [-0.4, -0.2) is 16.2 Å². The summed E-state index contributed by atoms with van der Waals surface area (Å²) in [6.45, 7) is 7.93. The van der Waals surface area contributed by atoms with Crippen molar-refractivity contribution in [1.82, 2.24) is 9.55 Å². The number of nitrogens with zero attached hydrogens (tertiary/aromatic N) is 2. The van der Waals surface area contributed by atoms with Crippen molar-refractivity contribution in [1.29, 1.82) is 0 Å². The van der Waals surface area contributed by atoms with Gasteiger partial charge in [0.05, 0.1) is 17.6 Å². The van der Waals surface area contributed by atoms with Crippen molar-refractivity contribution < 1.29 is 4.74 Å². The second-order valence-electron chi connectivity index (χ2n) is 7.51. The van der Waals surface area contributed by atoms with Gasteiger partial charge in [0.1, 0.15) is 11.6 Å². The topological polar surface area (TPSA) is 53.1 Å². The Labute approximate surface area is 168 Å². The molecule has 0 radical (unpaired) electrons. The van der Waals surface area contributed by atoms with Crippen LogP contribution < -0.4 is 10.5 Å². The third-order valence-electron chi connectivity index (χ3n) is 5.30. The van der Waals surface area contributed by atoms with Crippen molar-refractivity contribution in [3.63, 3.8) is 0 Å². The molecule has 4 heteroatoms. The van der Waals surface area contributed by atoms with Crippen molar-refractivity contribution >= 4 is 16.7 Å². The standard InChI is InChI=1S/C24H33N3O/c1-4-6-7-8-9-10-15-27-23-17-20(28-5-2)13-14-22(23)26-24(27)19-12-11-18(3)21(25)16-19/h11-14,16-17H,4-10,15,25H2,1-3H3.